The summed E-state index contributed by atoms with van der Waals surface area (Å²) in [7, 11) is 0. The van der Waals surface area contributed by atoms with Crippen LogP contribution in [0.15, 0.2) is 0 Å². The van der Waals surface area contributed by atoms with Gasteiger partial charge in [0, 0.05) is 6.42 Å². The number of aliphatic carboxylic acids is 2. The third-order valence-electron chi connectivity index (χ3n) is 2.60. The Hall–Kier alpha value is -2.00. The molecule has 2 atom stereocenters. The second-order valence-corrected chi connectivity index (χ2v) is 4.21. The third kappa shape index (κ3) is 5.76. The molecule has 0 spiro atoms. The molecular weight excluding hydrogens is 270 g/mol. The van der Waals surface area contributed by atoms with E-state index >= 15 is 0 Å². The van der Waals surface area contributed by atoms with Gasteiger partial charge in [-0.1, -0.05) is 6.92 Å². The van der Waals surface area contributed by atoms with Crippen LogP contribution in [0.4, 0.5) is 0 Å². The molecule has 2 unspecified atom stereocenters. The Balaban J connectivity index is 4.77. The lowest BCUT2D eigenvalue weighted by atomic mass is 10.1. The van der Waals surface area contributed by atoms with Gasteiger partial charge < -0.3 is 21.7 Å². The summed E-state index contributed by atoms with van der Waals surface area (Å²) in [6, 6.07) is -2.23. The Morgan fingerprint density at radius 1 is 1.10 bits per heavy atom. The number of carbonyl (C=O) groups excluding carboxylic acids is 2. The Kier molecular flexibility index (Phi) is 7.40. The van der Waals surface area contributed by atoms with Crippen molar-refractivity contribution in [3.8, 4) is 0 Å². The number of carboxylic acid groups (broad SMARTS) is 2. The van der Waals surface area contributed by atoms with E-state index in [4.69, 9.17) is 21.7 Å². The normalized spacial score (nSPS) is 13.3. The van der Waals surface area contributed by atoms with Gasteiger partial charge >= 0.3 is 11.9 Å². The lowest BCUT2D eigenvalue weighted by Gasteiger charge is -2.22. The molecule has 9 nitrogen and oxygen atoms in total. The predicted octanol–water partition coefficient (Wildman–Crippen LogP) is -1.64. The van der Waals surface area contributed by atoms with Crippen molar-refractivity contribution >= 4 is 23.8 Å². The first-order valence-electron chi connectivity index (χ1n) is 6.00. The van der Waals surface area contributed by atoms with Gasteiger partial charge in [-0.3, -0.25) is 24.1 Å². The molecule has 114 valence electrons. The number of hydrogen-bond acceptors (Lipinski definition) is 6. The average molecular weight is 289 g/mol. The van der Waals surface area contributed by atoms with Crippen LogP contribution >= 0.6 is 0 Å². The van der Waals surface area contributed by atoms with Crippen LogP contribution in [0.2, 0.25) is 0 Å². The van der Waals surface area contributed by atoms with Crippen molar-refractivity contribution in [2.45, 2.75) is 38.3 Å². The molecule has 0 rings (SSSR count). The van der Waals surface area contributed by atoms with Gasteiger partial charge in [-0.05, 0) is 12.8 Å². The highest BCUT2D eigenvalue weighted by atomic mass is 16.4. The zero-order valence-electron chi connectivity index (χ0n) is 11.1. The first kappa shape index (κ1) is 18.0. The molecule has 9 heteroatoms. The van der Waals surface area contributed by atoms with E-state index in [1.807, 2.05) is 0 Å². The van der Waals surface area contributed by atoms with Gasteiger partial charge in [0.15, 0.2) is 0 Å². The molecule has 0 aromatic carbocycles. The minimum atomic E-state index is -1.36. The molecule has 0 aliphatic rings. The summed E-state index contributed by atoms with van der Waals surface area (Å²) < 4.78 is 0. The zero-order valence-corrected chi connectivity index (χ0v) is 11.1. The lowest BCUT2D eigenvalue weighted by molar-refractivity contribution is -0.153. The smallest absolute Gasteiger partial charge is 0.323 e. The highest BCUT2D eigenvalue weighted by Gasteiger charge is 2.28. The van der Waals surface area contributed by atoms with Crippen molar-refractivity contribution < 1.29 is 29.4 Å². The maximum atomic E-state index is 11.8. The number of carboxylic acids is 2. The van der Waals surface area contributed by atoms with E-state index in [1.54, 1.807) is 6.92 Å². The molecule has 0 aromatic rings. The van der Waals surface area contributed by atoms with Crippen molar-refractivity contribution in [3.05, 3.63) is 0 Å². The first-order valence-corrected chi connectivity index (χ1v) is 6.00. The fraction of sp³-hybridized carbons (Fsp3) is 0.636. The highest BCUT2D eigenvalue weighted by Crippen LogP contribution is 2.04. The van der Waals surface area contributed by atoms with Crippen LogP contribution in [0.25, 0.3) is 0 Å². The molecule has 0 fully saturated rings. The number of amides is 2. The minimum Gasteiger partial charge on any atom is -0.480 e. The van der Waals surface area contributed by atoms with Gasteiger partial charge in [0.05, 0.1) is 6.04 Å². The fourth-order valence-electron chi connectivity index (χ4n) is 1.34. The van der Waals surface area contributed by atoms with Gasteiger partial charge in [0.2, 0.25) is 11.8 Å². The number of imide groups is 1. The number of nitrogens with zero attached hydrogens (tertiary/aromatic N) is 1. The second kappa shape index (κ2) is 8.23. The number of carbonyl (C=O) groups is 4. The summed E-state index contributed by atoms with van der Waals surface area (Å²) in [6.07, 6.45) is -0.293. The van der Waals surface area contributed by atoms with Crippen molar-refractivity contribution in [2.24, 2.45) is 11.5 Å². The monoisotopic (exact) mass is 289 g/mol. The topological polar surface area (TPSA) is 164 Å². The largest absolute Gasteiger partial charge is 0.480 e. The Bertz CT molecular complexity index is 398. The Morgan fingerprint density at radius 2 is 1.65 bits per heavy atom. The molecule has 2 amide bonds. The molecule has 0 aliphatic heterocycles. The molecule has 0 radical (unpaired) electrons. The van der Waals surface area contributed by atoms with E-state index in [-0.39, 0.29) is 19.3 Å². The number of nitrogens with two attached hydrogens (primary N) is 2. The van der Waals surface area contributed by atoms with E-state index in [1.165, 1.54) is 0 Å². The van der Waals surface area contributed by atoms with Crippen LogP contribution in [0.3, 0.4) is 0 Å². The summed E-state index contributed by atoms with van der Waals surface area (Å²) in [4.78, 5) is 45.3. The molecule has 0 aromatic heterocycles. The van der Waals surface area contributed by atoms with Crippen LogP contribution in [-0.2, 0) is 19.2 Å². The van der Waals surface area contributed by atoms with Gasteiger partial charge in [-0.2, -0.15) is 0 Å². The standard InChI is InChI=1S/C11H19N3O6/c1-2-6(12)10(18)14(5-9(16)17)8(15)4-3-7(13)11(19)20/h6-7H,2-5,12-13H2,1H3,(H,16,17)(H,19,20). The van der Waals surface area contributed by atoms with Gasteiger partial charge in [-0.15, -0.1) is 0 Å². The fourth-order valence-corrected chi connectivity index (χ4v) is 1.34. The summed E-state index contributed by atoms with van der Waals surface area (Å²) >= 11 is 0. The molecular formula is C11H19N3O6. The number of rotatable bonds is 8. The van der Waals surface area contributed by atoms with E-state index in [0.717, 1.165) is 0 Å². The lowest BCUT2D eigenvalue weighted by Crippen LogP contribution is -2.49. The Morgan fingerprint density at radius 3 is 2.05 bits per heavy atom. The maximum Gasteiger partial charge on any atom is 0.323 e. The summed E-state index contributed by atoms with van der Waals surface area (Å²) in [5.74, 6) is -4.25. The SMILES string of the molecule is CCC(N)C(=O)N(CC(=O)O)C(=O)CCC(N)C(=O)O. The molecule has 0 bridgehead atoms. The van der Waals surface area contributed by atoms with E-state index < -0.39 is 42.4 Å². The van der Waals surface area contributed by atoms with Gasteiger partial charge in [0.25, 0.3) is 0 Å². The molecule has 0 saturated heterocycles. The van der Waals surface area contributed by atoms with Crippen molar-refractivity contribution in [3.63, 3.8) is 0 Å². The van der Waals surface area contributed by atoms with Crippen LogP contribution in [0.5, 0.6) is 0 Å². The zero-order chi connectivity index (χ0) is 15.9. The van der Waals surface area contributed by atoms with Crippen molar-refractivity contribution in [1.29, 1.82) is 0 Å². The molecule has 6 N–H and O–H groups in total. The van der Waals surface area contributed by atoms with E-state index in [9.17, 15) is 19.2 Å². The maximum absolute atomic E-state index is 11.8. The summed E-state index contributed by atoms with van der Waals surface area (Å²) in [5.41, 5.74) is 10.7. The Labute approximate surface area is 115 Å². The molecule has 0 heterocycles. The minimum absolute atomic E-state index is 0.196. The molecule has 20 heavy (non-hydrogen) atoms. The third-order valence-corrected chi connectivity index (χ3v) is 2.60. The van der Waals surface area contributed by atoms with Crippen LogP contribution < -0.4 is 11.5 Å². The second-order valence-electron chi connectivity index (χ2n) is 4.21. The van der Waals surface area contributed by atoms with Crippen molar-refractivity contribution in [2.75, 3.05) is 6.54 Å². The van der Waals surface area contributed by atoms with Crippen LogP contribution in [-0.4, -0.2) is 57.5 Å². The molecule has 0 aliphatic carbocycles. The number of hydrogen-bond donors (Lipinski definition) is 4. The predicted molar refractivity (Wildman–Crippen MR) is 67.5 cm³/mol. The van der Waals surface area contributed by atoms with Crippen LogP contribution in [0.1, 0.15) is 26.2 Å². The van der Waals surface area contributed by atoms with Crippen molar-refractivity contribution in [1.82, 2.24) is 4.90 Å². The van der Waals surface area contributed by atoms with E-state index in [0.29, 0.717) is 4.90 Å². The summed E-state index contributed by atoms with van der Waals surface area (Å²) in [5, 5.41) is 17.3. The van der Waals surface area contributed by atoms with Gasteiger partial charge in [0.1, 0.15) is 12.6 Å². The quantitative estimate of drug-likeness (QED) is 0.413. The highest BCUT2D eigenvalue weighted by molar-refractivity contribution is 6.00. The van der Waals surface area contributed by atoms with Gasteiger partial charge in [-0.25, -0.2) is 0 Å². The first-order chi connectivity index (χ1) is 9.20. The average Bonchev–Trinajstić information content (AvgIpc) is 2.39. The summed E-state index contributed by atoms with van der Waals surface area (Å²) in [6.45, 7) is 0.806. The molecule has 0 saturated carbocycles. The van der Waals surface area contributed by atoms with E-state index in [2.05, 4.69) is 0 Å². The van der Waals surface area contributed by atoms with Crippen LogP contribution in [0, 0.1) is 0 Å².